The molecular weight excluding hydrogens is 260 g/mol. The fourth-order valence-corrected chi connectivity index (χ4v) is 3.18. The summed E-state index contributed by atoms with van der Waals surface area (Å²) in [6, 6.07) is 8.88. The van der Waals surface area contributed by atoms with E-state index in [1.165, 1.54) is 31.5 Å². The van der Waals surface area contributed by atoms with Crippen molar-refractivity contribution in [3.63, 3.8) is 0 Å². The molecule has 1 N–H and O–H groups in total. The highest BCUT2D eigenvalue weighted by Crippen LogP contribution is 2.23. The second-order valence-corrected chi connectivity index (χ2v) is 6.29. The number of piperidine rings is 1. The molecule has 0 saturated carbocycles. The maximum absolute atomic E-state index is 5.38. The van der Waals surface area contributed by atoms with Crippen LogP contribution in [0.3, 0.4) is 0 Å². The van der Waals surface area contributed by atoms with E-state index in [-0.39, 0.29) is 0 Å². The van der Waals surface area contributed by atoms with Crippen LogP contribution in [0.1, 0.15) is 44.7 Å². The minimum absolute atomic E-state index is 0.394. The molecule has 118 valence electrons. The fraction of sp³-hybridized carbons (Fsp3) is 0.667. The number of methoxy groups -OCH3 is 1. The van der Waals surface area contributed by atoms with Gasteiger partial charge in [-0.25, -0.2) is 0 Å². The van der Waals surface area contributed by atoms with E-state index in [4.69, 9.17) is 4.74 Å². The molecule has 1 fully saturated rings. The predicted octanol–water partition coefficient (Wildman–Crippen LogP) is 3.47. The van der Waals surface area contributed by atoms with Crippen molar-refractivity contribution in [3.05, 3.63) is 29.8 Å². The molecule has 1 saturated heterocycles. The molecule has 0 aromatic heterocycles. The first kappa shape index (κ1) is 16.3. The van der Waals surface area contributed by atoms with Crippen LogP contribution in [-0.2, 0) is 0 Å². The lowest BCUT2D eigenvalue weighted by Crippen LogP contribution is -2.40. The average molecular weight is 290 g/mol. The van der Waals surface area contributed by atoms with Gasteiger partial charge in [0.15, 0.2) is 0 Å². The second-order valence-electron chi connectivity index (χ2n) is 6.29. The topological polar surface area (TPSA) is 24.5 Å². The quantitative estimate of drug-likeness (QED) is 0.832. The molecule has 3 nitrogen and oxygen atoms in total. The number of rotatable bonds is 7. The molecule has 0 amide bonds. The number of hydrogen-bond donors (Lipinski definition) is 1. The Hall–Kier alpha value is -1.06. The highest BCUT2D eigenvalue weighted by molar-refractivity contribution is 5.30. The molecule has 2 atom stereocenters. The molecular formula is C18H30N2O. The first-order valence-electron chi connectivity index (χ1n) is 8.32. The van der Waals surface area contributed by atoms with Crippen LogP contribution in [0.25, 0.3) is 0 Å². The number of likely N-dealkylation sites (tertiary alicyclic amines) is 1. The molecule has 1 aromatic carbocycles. The van der Waals surface area contributed by atoms with Gasteiger partial charge >= 0.3 is 0 Å². The van der Waals surface area contributed by atoms with Gasteiger partial charge in [-0.15, -0.1) is 0 Å². The second kappa shape index (κ2) is 8.40. The van der Waals surface area contributed by atoms with Crippen LogP contribution in [0.5, 0.6) is 5.75 Å². The van der Waals surface area contributed by atoms with Gasteiger partial charge < -0.3 is 15.0 Å². The highest BCUT2D eigenvalue weighted by Gasteiger charge is 2.20. The van der Waals surface area contributed by atoms with Crippen LogP contribution in [0, 0.1) is 5.92 Å². The molecule has 1 aliphatic rings. The molecule has 3 heteroatoms. The van der Waals surface area contributed by atoms with E-state index in [1.54, 1.807) is 7.11 Å². The van der Waals surface area contributed by atoms with Gasteiger partial charge in [-0.05, 0) is 56.0 Å². The summed E-state index contributed by atoms with van der Waals surface area (Å²) in [6.45, 7) is 9.21. The normalized spacial score (nSPS) is 21.2. The van der Waals surface area contributed by atoms with Gasteiger partial charge in [0.1, 0.15) is 5.75 Å². The van der Waals surface area contributed by atoms with Crippen LogP contribution in [0.2, 0.25) is 0 Å². The molecule has 1 aliphatic heterocycles. The van der Waals surface area contributed by atoms with Gasteiger partial charge in [0.2, 0.25) is 0 Å². The van der Waals surface area contributed by atoms with Gasteiger partial charge in [0.05, 0.1) is 7.11 Å². The summed E-state index contributed by atoms with van der Waals surface area (Å²) < 4.78 is 5.38. The van der Waals surface area contributed by atoms with Gasteiger partial charge in [-0.1, -0.05) is 26.0 Å². The number of ether oxygens (including phenoxy) is 1. The van der Waals surface area contributed by atoms with E-state index >= 15 is 0 Å². The van der Waals surface area contributed by atoms with E-state index in [9.17, 15) is 0 Å². The van der Waals surface area contributed by atoms with Crippen molar-refractivity contribution in [2.45, 2.75) is 39.2 Å². The maximum atomic E-state index is 5.38. The van der Waals surface area contributed by atoms with Crippen LogP contribution in [-0.4, -0.2) is 38.2 Å². The number of benzene rings is 1. The third-order valence-electron chi connectivity index (χ3n) is 4.32. The minimum Gasteiger partial charge on any atom is -0.497 e. The Balaban J connectivity index is 2.05. The van der Waals surface area contributed by atoms with Crippen molar-refractivity contribution < 1.29 is 4.74 Å². The summed E-state index contributed by atoms with van der Waals surface area (Å²) in [4.78, 5) is 2.61. The largest absolute Gasteiger partial charge is 0.497 e. The van der Waals surface area contributed by atoms with E-state index < -0.39 is 0 Å². The zero-order valence-corrected chi connectivity index (χ0v) is 13.8. The van der Waals surface area contributed by atoms with Crippen molar-refractivity contribution >= 4 is 0 Å². The van der Waals surface area contributed by atoms with Crippen LogP contribution in [0.4, 0.5) is 0 Å². The predicted molar refractivity (Wildman–Crippen MR) is 88.9 cm³/mol. The van der Waals surface area contributed by atoms with E-state index in [0.29, 0.717) is 6.04 Å². The van der Waals surface area contributed by atoms with Crippen LogP contribution >= 0.6 is 0 Å². The fourth-order valence-electron chi connectivity index (χ4n) is 3.18. The molecule has 2 unspecified atom stereocenters. The van der Waals surface area contributed by atoms with Crippen LogP contribution in [0.15, 0.2) is 24.3 Å². The molecule has 0 aliphatic carbocycles. The van der Waals surface area contributed by atoms with Crippen molar-refractivity contribution in [1.29, 1.82) is 0 Å². The summed E-state index contributed by atoms with van der Waals surface area (Å²) in [5.41, 5.74) is 1.33. The Bertz CT molecular complexity index is 421. The first-order valence-corrected chi connectivity index (χ1v) is 8.32. The molecule has 2 rings (SSSR count). The summed E-state index contributed by atoms with van der Waals surface area (Å²) in [7, 11) is 1.74. The van der Waals surface area contributed by atoms with Crippen LogP contribution < -0.4 is 10.1 Å². The Labute approximate surface area is 129 Å². The van der Waals surface area contributed by atoms with Gasteiger partial charge in [-0.2, -0.15) is 0 Å². The number of nitrogens with one attached hydrogen (secondary N) is 1. The number of hydrogen-bond acceptors (Lipinski definition) is 3. The maximum Gasteiger partial charge on any atom is 0.119 e. The summed E-state index contributed by atoms with van der Waals surface area (Å²) in [5.74, 6) is 1.78. The van der Waals surface area contributed by atoms with Crippen molar-refractivity contribution in [1.82, 2.24) is 10.2 Å². The Morgan fingerprint density at radius 2 is 2.29 bits per heavy atom. The Kier molecular flexibility index (Phi) is 6.52. The third kappa shape index (κ3) is 5.01. The van der Waals surface area contributed by atoms with E-state index in [0.717, 1.165) is 31.2 Å². The zero-order chi connectivity index (χ0) is 15.1. The lowest BCUT2D eigenvalue weighted by molar-refractivity contribution is 0.167. The highest BCUT2D eigenvalue weighted by atomic mass is 16.5. The average Bonchev–Trinajstić information content (AvgIpc) is 2.51. The SMILES string of the molecule is CCCNC(CN1CCCC(C)C1)c1cccc(OC)c1. The molecule has 0 spiro atoms. The third-order valence-corrected chi connectivity index (χ3v) is 4.32. The Morgan fingerprint density at radius 1 is 1.43 bits per heavy atom. The van der Waals surface area contributed by atoms with Crippen molar-refractivity contribution in [2.75, 3.05) is 33.3 Å². The summed E-state index contributed by atoms with van der Waals surface area (Å²) >= 11 is 0. The van der Waals surface area contributed by atoms with Gasteiger partial charge in [0, 0.05) is 19.1 Å². The molecule has 1 heterocycles. The standard InChI is InChI=1S/C18H30N2O/c1-4-10-19-18(14-20-11-6-7-15(2)13-20)16-8-5-9-17(12-16)21-3/h5,8-9,12,15,18-19H,4,6-7,10-11,13-14H2,1-3H3. The lowest BCUT2D eigenvalue weighted by atomic mass is 9.98. The first-order chi connectivity index (χ1) is 10.2. The summed E-state index contributed by atoms with van der Waals surface area (Å²) in [5, 5.41) is 3.70. The Morgan fingerprint density at radius 3 is 3.00 bits per heavy atom. The van der Waals surface area contributed by atoms with E-state index in [1.807, 2.05) is 6.07 Å². The lowest BCUT2D eigenvalue weighted by Gasteiger charge is -2.34. The van der Waals surface area contributed by atoms with Gasteiger partial charge in [-0.3, -0.25) is 0 Å². The molecule has 0 radical (unpaired) electrons. The van der Waals surface area contributed by atoms with E-state index in [2.05, 4.69) is 42.3 Å². The molecule has 0 bridgehead atoms. The van der Waals surface area contributed by atoms with Gasteiger partial charge in [0.25, 0.3) is 0 Å². The monoisotopic (exact) mass is 290 g/mol. The molecule has 21 heavy (non-hydrogen) atoms. The zero-order valence-electron chi connectivity index (χ0n) is 13.8. The minimum atomic E-state index is 0.394. The summed E-state index contributed by atoms with van der Waals surface area (Å²) in [6.07, 6.45) is 3.87. The number of nitrogens with zero attached hydrogens (tertiary/aromatic N) is 1. The van der Waals surface area contributed by atoms with Crippen molar-refractivity contribution in [2.24, 2.45) is 5.92 Å². The smallest absolute Gasteiger partial charge is 0.119 e. The molecule has 1 aromatic rings. The van der Waals surface area contributed by atoms with Crippen molar-refractivity contribution in [3.8, 4) is 5.75 Å².